The second kappa shape index (κ2) is 33.7. The summed E-state index contributed by atoms with van der Waals surface area (Å²) < 4.78 is 26.2. The van der Waals surface area contributed by atoms with Crippen LogP contribution in [0.2, 0.25) is 0 Å². The number of hydrogen-bond donors (Lipinski definition) is 2. The van der Waals surface area contributed by atoms with E-state index in [9.17, 15) is 14.2 Å². The Morgan fingerprint density at radius 1 is 0.543 bits per heavy atom. The maximum atomic E-state index is 12.3. The highest BCUT2D eigenvalue weighted by molar-refractivity contribution is 7.46. The van der Waals surface area contributed by atoms with E-state index in [4.69, 9.17) is 19.3 Å². The van der Waals surface area contributed by atoms with E-state index in [1.165, 1.54) is 122 Å². The number of phosphoric acid groups is 1. The van der Waals surface area contributed by atoms with Crippen LogP contribution >= 0.6 is 7.82 Å². The van der Waals surface area contributed by atoms with Crippen LogP contribution in [0.25, 0.3) is 0 Å². The van der Waals surface area contributed by atoms with Crippen LogP contribution in [0.1, 0.15) is 194 Å². The monoisotopic (exact) mass is 674 g/mol. The highest BCUT2D eigenvalue weighted by atomic mass is 31.2. The number of carbonyl (C=O) groups excluding carboxylic acids is 2. The van der Waals surface area contributed by atoms with Crippen molar-refractivity contribution in [1.82, 2.24) is 0 Å². The first-order valence-corrected chi connectivity index (χ1v) is 20.5. The van der Waals surface area contributed by atoms with Crippen molar-refractivity contribution in [2.24, 2.45) is 0 Å². The van der Waals surface area contributed by atoms with Gasteiger partial charge in [0.1, 0.15) is 6.61 Å². The Labute approximate surface area is 282 Å². The predicted molar refractivity (Wildman–Crippen MR) is 189 cm³/mol. The lowest BCUT2D eigenvalue weighted by molar-refractivity contribution is -0.161. The van der Waals surface area contributed by atoms with E-state index in [0.717, 1.165) is 38.5 Å². The van der Waals surface area contributed by atoms with Gasteiger partial charge < -0.3 is 19.3 Å². The van der Waals surface area contributed by atoms with Crippen molar-refractivity contribution >= 4 is 19.8 Å². The zero-order chi connectivity index (χ0) is 34.0. The minimum Gasteiger partial charge on any atom is -0.462 e. The molecule has 46 heavy (non-hydrogen) atoms. The van der Waals surface area contributed by atoms with Gasteiger partial charge in [-0.25, -0.2) is 4.57 Å². The first kappa shape index (κ1) is 44.8. The number of hydrogen-bond acceptors (Lipinski definition) is 6. The predicted octanol–water partition coefficient (Wildman–Crippen LogP) is 11.1. The number of phosphoric ester groups is 1. The van der Waals surface area contributed by atoms with E-state index in [0.29, 0.717) is 6.42 Å². The molecule has 0 bridgehead atoms. The Kier molecular flexibility index (Phi) is 32.8. The molecular weight excluding hydrogens is 603 g/mol. The van der Waals surface area contributed by atoms with E-state index < -0.39 is 32.5 Å². The SMILES string of the molecule is CCCCCCCC/C=C/CCCCCCCCCCCC(=O)OC[C@H](COP(=O)(O)O)OC(=O)CCCCCCCCCCC. The molecule has 0 heterocycles. The first-order valence-electron chi connectivity index (χ1n) is 19.0. The largest absolute Gasteiger partial charge is 0.469 e. The van der Waals surface area contributed by atoms with Crippen LogP contribution in [-0.4, -0.2) is 41.0 Å². The quantitative estimate of drug-likeness (QED) is 0.0295. The van der Waals surface area contributed by atoms with E-state index in [2.05, 4.69) is 30.5 Å². The summed E-state index contributed by atoms with van der Waals surface area (Å²) in [4.78, 5) is 42.6. The molecule has 0 fully saturated rings. The molecule has 0 aromatic rings. The molecule has 0 radical (unpaired) electrons. The van der Waals surface area contributed by atoms with Crippen molar-refractivity contribution in [3.63, 3.8) is 0 Å². The van der Waals surface area contributed by atoms with E-state index in [1.807, 2.05) is 0 Å². The smallest absolute Gasteiger partial charge is 0.462 e. The van der Waals surface area contributed by atoms with Crippen molar-refractivity contribution in [2.45, 2.75) is 200 Å². The Balaban J connectivity index is 3.86. The third kappa shape index (κ3) is 35.6. The van der Waals surface area contributed by atoms with E-state index in [-0.39, 0.29) is 19.4 Å². The Hall–Kier alpha value is -1.21. The average Bonchev–Trinajstić information content (AvgIpc) is 3.02. The number of esters is 2. The molecule has 2 N–H and O–H groups in total. The van der Waals surface area contributed by atoms with E-state index in [1.54, 1.807) is 0 Å². The fraction of sp³-hybridized carbons (Fsp3) is 0.892. The number of unbranched alkanes of at least 4 members (excludes halogenated alkanes) is 23. The third-order valence-corrected chi connectivity index (χ3v) is 8.77. The molecule has 0 aromatic carbocycles. The number of rotatable bonds is 35. The lowest BCUT2D eigenvalue weighted by Gasteiger charge is -2.18. The molecule has 272 valence electrons. The average molecular weight is 675 g/mol. The van der Waals surface area contributed by atoms with Gasteiger partial charge in [0, 0.05) is 12.8 Å². The molecule has 0 aliphatic heterocycles. The number of carbonyl (C=O) groups is 2. The lowest BCUT2D eigenvalue weighted by Crippen LogP contribution is -2.29. The lowest BCUT2D eigenvalue weighted by atomic mass is 10.1. The number of allylic oxidation sites excluding steroid dienone is 2. The molecule has 0 aromatic heterocycles. The van der Waals surface area contributed by atoms with Gasteiger partial charge in [0.05, 0.1) is 6.61 Å². The van der Waals surface area contributed by atoms with Crippen LogP contribution in [0, 0.1) is 0 Å². The van der Waals surface area contributed by atoms with Gasteiger partial charge >= 0.3 is 19.8 Å². The molecule has 9 heteroatoms. The Morgan fingerprint density at radius 3 is 1.33 bits per heavy atom. The normalized spacial score (nSPS) is 12.5. The van der Waals surface area contributed by atoms with Gasteiger partial charge in [0.15, 0.2) is 6.10 Å². The maximum Gasteiger partial charge on any atom is 0.469 e. The standard InChI is InChI=1S/C37H71O8P/c1-3-5-7-9-11-13-14-15-16-17-18-19-20-21-22-24-25-27-29-31-36(38)43-33-35(34-44-46(40,41)42)45-37(39)32-30-28-26-23-12-10-8-6-4-2/h15-16,35H,3-14,17-34H2,1-2H3,(H2,40,41,42)/b16-15+/t35-/m1/s1. The van der Waals surface area contributed by atoms with Crippen LogP contribution in [0.5, 0.6) is 0 Å². The summed E-state index contributed by atoms with van der Waals surface area (Å²) >= 11 is 0. The third-order valence-electron chi connectivity index (χ3n) is 8.28. The van der Waals surface area contributed by atoms with Crippen LogP contribution in [-0.2, 0) is 28.2 Å². The van der Waals surface area contributed by atoms with Crippen molar-refractivity contribution in [1.29, 1.82) is 0 Å². The maximum absolute atomic E-state index is 12.3. The summed E-state index contributed by atoms with van der Waals surface area (Å²) in [5.74, 6) is -0.883. The highest BCUT2D eigenvalue weighted by Crippen LogP contribution is 2.36. The fourth-order valence-corrected chi connectivity index (χ4v) is 5.79. The summed E-state index contributed by atoms with van der Waals surface area (Å²) in [7, 11) is -4.74. The van der Waals surface area contributed by atoms with Gasteiger partial charge in [-0.15, -0.1) is 0 Å². The molecule has 0 aliphatic rings. The van der Waals surface area contributed by atoms with E-state index >= 15 is 0 Å². The fourth-order valence-electron chi connectivity index (χ4n) is 5.43. The second-order valence-electron chi connectivity index (χ2n) is 12.9. The van der Waals surface area contributed by atoms with Crippen LogP contribution in [0.3, 0.4) is 0 Å². The molecule has 0 aliphatic carbocycles. The van der Waals surface area contributed by atoms with Crippen LogP contribution in [0.4, 0.5) is 0 Å². The van der Waals surface area contributed by atoms with Crippen molar-refractivity contribution < 1.29 is 37.9 Å². The molecule has 0 rings (SSSR count). The second-order valence-corrected chi connectivity index (χ2v) is 14.1. The van der Waals surface area contributed by atoms with Crippen molar-refractivity contribution in [2.75, 3.05) is 13.2 Å². The van der Waals surface area contributed by atoms with Gasteiger partial charge in [-0.2, -0.15) is 0 Å². The van der Waals surface area contributed by atoms with Gasteiger partial charge in [0.25, 0.3) is 0 Å². The summed E-state index contributed by atoms with van der Waals surface area (Å²) in [6.45, 7) is 3.65. The molecular formula is C37H71O8P. The Morgan fingerprint density at radius 2 is 0.913 bits per heavy atom. The van der Waals surface area contributed by atoms with Crippen LogP contribution in [0.15, 0.2) is 12.2 Å². The molecule has 8 nitrogen and oxygen atoms in total. The molecule has 1 atom stereocenters. The molecule has 0 spiro atoms. The minimum atomic E-state index is -4.74. The Bertz CT molecular complexity index is 766. The zero-order valence-corrected chi connectivity index (χ0v) is 30.6. The first-order chi connectivity index (χ1) is 22.3. The van der Waals surface area contributed by atoms with Gasteiger partial charge in [-0.3, -0.25) is 14.1 Å². The molecule has 0 saturated carbocycles. The summed E-state index contributed by atoms with van der Waals surface area (Å²) in [5, 5.41) is 0. The van der Waals surface area contributed by atoms with Gasteiger partial charge in [0.2, 0.25) is 0 Å². The van der Waals surface area contributed by atoms with Crippen molar-refractivity contribution in [3.8, 4) is 0 Å². The number of ether oxygens (including phenoxy) is 2. The van der Waals surface area contributed by atoms with Crippen LogP contribution < -0.4 is 0 Å². The molecule has 0 amide bonds. The topological polar surface area (TPSA) is 119 Å². The summed E-state index contributed by atoms with van der Waals surface area (Å²) in [6.07, 6.45) is 35.2. The summed E-state index contributed by atoms with van der Waals surface area (Å²) in [5.41, 5.74) is 0. The summed E-state index contributed by atoms with van der Waals surface area (Å²) in [6, 6.07) is 0. The molecule has 0 unspecified atom stereocenters. The van der Waals surface area contributed by atoms with Crippen molar-refractivity contribution in [3.05, 3.63) is 12.2 Å². The minimum absolute atomic E-state index is 0.215. The van der Waals surface area contributed by atoms with Gasteiger partial charge in [-0.1, -0.05) is 154 Å². The highest BCUT2D eigenvalue weighted by Gasteiger charge is 2.22. The molecule has 0 saturated heterocycles. The zero-order valence-electron chi connectivity index (χ0n) is 29.7. The van der Waals surface area contributed by atoms with Gasteiger partial charge in [-0.05, 0) is 38.5 Å².